The quantitative estimate of drug-likeness (QED) is 0.728. The Labute approximate surface area is 96.1 Å². The van der Waals surface area contributed by atoms with Gasteiger partial charge in [0.2, 0.25) is 11.8 Å². The van der Waals surface area contributed by atoms with Crippen LogP contribution in [0, 0.1) is 0 Å². The molecule has 1 atom stereocenters. The molecule has 1 rings (SSSR count). The molecular formula is C11H20N2O3. The van der Waals surface area contributed by atoms with Crippen molar-refractivity contribution in [1.29, 1.82) is 0 Å². The summed E-state index contributed by atoms with van der Waals surface area (Å²) < 4.78 is 5.13. The van der Waals surface area contributed by atoms with Crippen LogP contribution in [-0.4, -0.2) is 49.6 Å². The minimum atomic E-state index is -0.0523. The Kier molecular flexibility index (Phi) is 5.25. The van der Waals surface area contributed by atoms with Gasteiger partial charge in [0, 0.05) is 20.1 Å². The molecule has 16 heavy (non-hydrogen) atoms. The van der Waals surface area contributed by atoms with Gasteiger partial charge in [0.15, 0.2) is 0 Å². The lowest BCUT2D eigenvalue weighted by Crippen LogP contribution is -2.44. The normalized spacial score (nSPS) is 19.2. The van der Waals surface area contributed by atoms with Gasteiger partial charge in [0.1, 0.15) is 0 Å². The van der Waals surface area contributed by atoms with Gasteiger partial charge in [-0.1, -0.05) is 13.3 Å². The van der Waals surface area contributed by atoms with Crippen molar-refractivity contribution in [3.05, 3.63) is 0 Å². The number of carbonyl (C=O) groups excluding carboxylic acids is 2. The second-order valence-corrected chi connectivity index (χ2v) is 4.01. The third-order valence-corrected chi connectivity index (χ3v) is 2.76. The molecule has 0 aromatic rings. The van der Waals surface area contributed by atoms with Crippen molar-refractivity contribution >= 4 is 11.8 Å². The largest absolute Gasteiger partial charge is 0.383 e. The van der Waals surface area contributed by atoms with Gasteiger partial charge < -0.3 is 15.0 Å². The Hall–Kier alpha value is -1.10. The van der Waals surface area contributed by atoms with E-state index in [0.717, 1.165) is 12.8 Å². The van der Waals surface area contributed by atoms with Gasteiger partial charge in [-0.25, -0.2) is 0 Å². The Bertz CT molecular complexity index is 250. The molecule has 1 unspecified atom stereocenters. The van der Waals surface area contributed by atoms with Gasteiger partial charge in [-0.15, -0.1) is 0 Å². The topological polar surface area (TPSA) is 58.6 Å². The third kappa shape index (κ3) is 3.48. The molecule has 0 aromatic carbocycles. The van der Waals surface area contributed by atoms with E-state index in [1.165, 1.54) is 0 Å². The highest BCUT2D eigenvalue weighted by molar-refractivity contribution is 5.87. The lowest BCUT2D eigenvalue weighted by Gasteiger charge is -2.29. The highest BCUT2D eigenvalue weighted by Crippen LogP contribution is 2.10. The highest BCUT2D eigenvalue weighted by atomic mass is 16.5. The number of hydrogen-bond donors (Lipinski definition) is 1. The third-order valence-electron chi connectivity index (χ3n) is 2.76. The van der Waals surface area contributed by atoms with Crippen LogP contribution < -0.4 is 5.32 Å². The molecule has 2 amide bonds. The van der Waals surface area contributed by atoms with Crippen LogP contribution in [0.5, 0.6) is 0 Å². The average Bonchev–Trinajstić information content (AvgIpc) is 2.42. The predicted octanol–water partition coefficient (Wildman–Crippen LogP) is 0.150. The van der Waals surface area contributed by atoms with Crippen LogP contribution in [0.1, 0.15) is 26.2 Å². The fourth-order valence-electron chi connectivity index (χ4n) is 1.95. The summed E-state index contributed by atoms with van der Waals surface area (Å²) in [7, 11) is 1.63. The van der Waals surface area contributed by atoms with Crippen molar-refractivity contribution in [3.8, 4) is 0 Å². The molecule has 5 nitrogen and oxygen atoms in total. The van der Waals surface area contributed by atoms with Crippen molar-refractivity contribution in [3.63, 3.8) is 0 Å². The van der Waals surface area contributed by atoms with Gasteiger partial charge in [-0.05, 0) is 6.42 Å². The summed E-state index contributed by atoms with van der Waals surface area (Å²) in [6, 6.07) is 0.0928. The van der Waals surface area contributed by atoms with E-state index in [1.54, 1.807) is 12.0 Å². The molecule has 0 saturated carbocycles. The van der Waals surface area contributed by atoms with Crippen LogP contribution in [0.2, 0.25) is 0 Å². The molecule has 1 fully saturated rings. The molecule has 0 aromatic heterocycles. The highest BCUT2D eigenvalue weighted by Gasteiger charge is 2.26. The summed E-state index contributed by atoms with van der Waals surface area (Å²) in [6.45, 7) is 3.23. The van der Waals surface area contributed by atoms with Crippen LogP contribution in [0.25, 0.3) is 0 Å². The number of nitrogens with zero attached hydrogens (tertiary/aromatic N) is 1. The first-order valence-corrected chi connectivity index (χ1v) is 5.74. The van der Waals surface area contributed by atoms with E-state index in [2.05, 4.69) is 12.2 Å². The maximum atomic E-state index is 11.8. The molecule has 0 spiro atoms. The number of nitrogens with one attached hydrogen (secondary N) is 1. The number of amides is 2. The molecule has 1 aliphatic rings. The predicted molar refractivity (Wildman–Crippen MR) is 59.9 cm³/mol. The lowest BCUT2D eigenvalue weighted by molar-refractivity contribution is -0.133. The van der Waals surface area contributed by atoms with Crippen LogP contribution >= 0.6 is 0 Å². The summed E-state index contributed by atoms with van der Waals surface area (Å²) in [5.41, 5.74) is 0. The van der Waals surface area contributed by atoms with Crippen molar-refractivity contribution in [2.45, 2.75) is 32.2 Å². The maximum Gasteiger partial charge on any atom is 0.242 e. The SMILES string of the molecule is CCCC(COC)N1CCC(=O)NCC1=O. The van der Waals surface area contributed by atoms with Crippen molar-refractivity contribution in [2.24, 2.45) is 0 Å². The van der Waals surface area contributed by atoms with Crippen molar-refractivity contribution in [1.82, 2.24) is 10.2 Å². The Morgan fingerprint density at radius 3 is 2.88 bits per heavy atom. The molecule has 0 bridgehead atoms. The summed E-state index contributed by atoms with van der Waals surface area (Å²) in [6.07, 6.45) is 2.29. The number of methoxy groups -OCH3 is 1. The fraction of sp³-hybridized carbons (Fsp3) is 0.818. The first kappa shape index (κ1) is 13.0. The first-order chi connectivity index (χ1) is 7.69. The second kappa shape index (κ2) is 6.48. The van der Waals surface area contributed by atoms with Gasteiger partial charge in [0.25, 0.3) is 0 Å². The Morgan fingerprint density at radius 2 is 2.25 bits per heavy atom. The van der Waals surface area contributed by atoms with Gasteiger partial charge >= 0.3 is 0 Å². The molecule has 1 N–H and O–H groups in total. The zero-order chi connectivity index (χ0) is 12.0. The smallest absolute Gasteiger partial charge is 0.242 e. The van der Waals surface area contributed by atoms with Gasteiger partial charge in [-0.2, -0.15) is 0 Å². The maximum absolute atomic E-state index is 11.8. The molecule has 1 saturated heterocycles. The van der Waals surface area contributed by atoms with E-state index in [9.17, 15) is 9.59 Å². The van der Waals surface area contributed by atoms with Crippen LogP contribution in [0.3, 0.4) is 0 Å². The number of carbonyl (C=O) groups is 2. The van der Waals surface area contributed by atoms with Crippen molar-refractivity contribution in [2.75, 3.05) is 26.8 Å². The standard InChI is InChI=1S/C11H20N2O3/c1-3-4-9(8-16-2)13-6-5-10(14)12-7-11(13)15/h9H,3-8H2,1-2H3,(H,12,14). The molecule has 92 valence electrons. The van der Waals surface area contributed by atoms with Crippen LogP contribution in [0.15, 0.2) is 0 Å². The van der Waals surface area contributed by atoms with Crippen LogP contribution in [0.4, 0.5) is 0 Å². The molecule has 0 radical (unpaired) electrons. The van der Waals surface area contributed by atoms with E-state index in [4.69, 9.17) is 4.74 Å². The van der Waals surface area contributed by atoms with E-state index in [-0.39, 0.29) is 24.4 Å². The minimum absolute atomic E-state index is 0.0126. The molecule has 0 aliphatic carbocycles. The monoisotopic (exact) mass is 228 g/mol. The number of hydrogen-bond acceptors (Lipinski definition) is 3. The molecule has 1 heterocycles. The average molecular weight is 228 g/mol. The van der Waals surface area contributed by atoms with Gasteiger partial charge in [-0.3, -0.25) is 9.59 Å². The molecule has 1 aliphatic heterocycles. The summed E-state index contributed by atoms with van der Waals surface area (Å²) >= 11 is 0. The van der Waals surface area contributed by atoms with E-state index in [1.807, 2.05) is 0 Å². The summed E-state index contributed by atoms with van der Waals surface area (Å²) in [4.78, 5) is 24.8. The zero-order valence-electron chi connectivity index (χ0n) is 9.99. The summed E-state index contributed by atoms with van der Waals surface area (Å²) in [5.74, 6) is -0.0649. The Balaban J connectivity index is 2.64. The first-order valence-electron chi connectivity index (χ1n) is 5.74. The van der Waals surface area contributed by atoms with E-state index < -0.39 is 0 Å². The molecular weight excluding hydrogens is 208 g/mol. The van der Waals surface area contributed by atoms with Crippen molar-refractivity contribution < 1.29 is 14.3 Å². The number of ether oxygens (including phenoxy) is 1. The van der Waals surface area contributed by atoms with E-state index in [0.29, 0.717) is 19.6 Å². The molecule has 5 heteroatoms. The van der Waals surface area contributed by atoms with Gasteiger partial charge in [0.05, 0.1) is 19.2 Å². The van der Waals surface area contributed by atoms with Crippen LogP contribution in [-0.2, 0) is 14.3 Å². The lowest BCUT2D eigenvalue weighted by atomic mass is 10.1. The van der Waals surface area contributed by atoms with E-state index >= 15 is 0 Å². The zero-order valence-corrected chi connectivity index (χ0v) is 9.99. The fourth-order valence-corrected chi connectivity index (χ4v) is 1.95. The Morgan fingerprint density at radius 1 is 1.50 bits per heavy atom. The minimum Gasteiger partial charge on any atom is -0.383 e. The summed E-state index contributed by atoms with van der Waals surface area (Å²) in [5, 5.41) is 2.59. The number of rotatable bonds is 5. The second-order valence-electron chi connectivity index (χ2n) is 4.01.